The Balaban J connectivity index is 1.95. The van der Waals surface area contributed by atoms with E-state index < -0.39 is 16.0 Å². The number of rotatable bonds is 6. The molecule has 8 heteroatoms. The first-order chi connectivity index (χ1) is 17.3. The molecular formula is C28H23NO6S. The maximum absolute atomic E-state index is 13.8. The van der Waals surface area contributed by atoms with E-state index in [-0.39, 0.29) is 16.0 Å². The number of methoxy groups -OCH3 is 2. The van der Waals surface area contributed by atoms with Gasteiger partial charge in [0.25, 0.3) is 10.0 Å². The number of nitrogens with zero attached hydrogens (tertiary/aromatic N) is 1. The van der Waals surface area contributed by atoms with Crippen LogP contribution in [0.2, 0.25) is 0 Å². The number of hydrogen-bond acceptors (Lipinski definition) is 5. The predicted molar refractivity (Wildman–Crippen MR) is 139 cm³/mol. The Hall–Kier alpha value is -4.30. The highest BCUT2D eigenvalue weighted by molar-refractivity contribution is 7.90. The summed E-state index contributed by atoms with van der Waals surface area (Å²) in [6.07, 6.45) is 1.47. The van der Waals surface area contributed by atoms with Gasteiger partial charge in [-0.25, -0.2) is 17.2 Å². The Labute approximate surface area is 208 Å². The molecule has 0 amide bonds. The summed E-state index contributed by atoms with van der Waals surface area (Å²) in [4.78, 5) is 12.3. The zero-order chi connectivity index (χ0) is 25.6. The third kappa shape index (κ3) is 3.58. The highest BCUT2D eigenvalue weighted by Crippen LogP contribution is 2.47. The summed E-state index contributed by atoms with van der Waals surface area (Å²) in [7, 11) is -1.09. The molecule has 5 rings (SSSR count). The van der Waals surface area contributed by atoms with Crippen molar-refractivity contribution in [3.05, 3.63) is 90.1 Å². The number of ether oxygens (including phenoxy) is 2. The average molecular weight is 502 g/mol. The third-order valence-corrected chi connectivity index (χ3v) is 7.94. The van der Waals surface area contributed by atoms with Crippen LogP contribution in [0.1, 0.15) is 15.9 Å². The lowest BCUT2D eigenvalue weighted by atomic mass is 9.95. The van der Waals surface area contributed by atoms with E-state index in [9.17, 15) is 18.3 Å². The van der Waals surface area contributed by atoms with E-state index in [0.717, 1.165) is 20.3 Å². The smallest absolute Gasteiger partial charge is 0.337 e. The molecule has 182 valence electrons. The zero-order valence-corrected chi connectivity index (χ0v) is 20.7. The number of fused-ring (bicyclic) bond motifs is 2. The van der Waals surface area contributed by atoms with E-state index in [2.05, 4.69) is 0 Å². The lowest BCUT2D eigenvalue weighted by Gasteiger charge is -2.16. The summed E-state index contributed by atoms with van der Waals surface area (Å²) in [5, 5.41) is 12.1. The standard InChI is InChI=1S/C28H23NO6S/c1-17-11-13-19(14-12-17)36(32,33)29-16-23(21-9-6-10-22(26(21)29)28(30)31)25-20-8-5-4-7-18(20)15-24(34-2)27(25)35-3/h4-16H,1-3H3,(H,30,31). The number of carboxylic acid groups (broad SMARTS) is 1. The zero-order valence-electron chi connectivity index (χ0n) is 19.8. The molecule has 0 spiro atoms. The quantitative estimate of drug-likeness (QED) is 0.320. The highest BCUT2D eigenvalue weighted by Gasteiger charge is 2.28. The lowest BCUT2D eigenvalue weighted by molar-refractivity contribution is 0.0698. The largest absolute Gasteiger partial charge is 0.493 e. The van der Waals surface area contributed by atoms with E-state index >= 15 is 0 Å². The molecule has 0 saturated carbocycles. The summed E-state index contributed by atoms with van der Waals surface area (Å²) in [6.45, 7) is 1.86. The fourth-order valence-corrected chi connectivity index (χ4v) is 5.95. The van der Waals surface area contributed by atoms with Crippen molar-refractivity contribution in [1.29, 1.82) is 0 Å². The van der Waals surface area contributed by atoms with E-state index in [0.29, 0.717) is 28.0 Å². The Morgan fingerprint density at radius 3 is 2.25 bits per heavy atom. The van der Waals surface area contributed by atoms with Gasteiger partial charge < -0.3 is 14.6 Å². The molecule has 1 aromatic heterocycles. The van der Waals surface area contributed by atoms with E-state index in [1.807, 2.05) is 37.3 Å². The van der Waals surface area contributed by atoms with E-state index in [4.69, 9.17) is 9.47 Å². The van der Waals surface area contributed by atoms with E-state index in [1.165, 1.54) is 38.6 Å². The fourth-order valence-electron chi connectivity index (χ4n) is 4.56. The Morgan fingerprint density at radius 2 is 1.58 bits per heavy atom. The molecule has 7 nitrogen and oxygen atoms in total. The highest BCUT2D eigenvalue weighted by atomic mass is 32.2. The van der Waals surface area contributed by atoms with Crippen molar-refractivity contribution in [2.24, 2.45) is 0 Å². The number of para-hydroxylation sites is 1. The first-order valence-corrected chi connectivity index (χ1v) is 12.6. The Morgan fingerprint density at radius 1 is 0.889 bits per heavy atom. The van der Waals surface area contributed by atoms with Crippen molar-refractivity contribution in [3.63, 3.8) is 0 Å². The van der Waals surface area contributed by atoms with Gasteiger partial charge in [-0.15, -0.1) is 0 Å². The minimum atomic E-state index is -4.13. The summed E-state index contributed by atoms with van der Waals surface area (Å²) in [5.41, 5.74) is 1.98. The third-order valence-electron chi connectivity index (χ3n) is 6.26. The van der Waals surface area contributed by atoms with Gasteiger partial charge in [0.05, 0.1) is 30.2 Å². The van der Waals surface area contributed by atoms with Gasteiger partial charge in [0.2, 0.25) is 0 Å². The molecule has 0 radical (unpaired) electrons. The van der Waals surface area contributed by atoms with Gasteiger partial charge in [-0.3, -0.25) is 0 Å². The van der Waals surface area contributed by atoms with Gasteiger partial charge in [-0.05, 0) is 42.0 Å². The van der Waals surface area contributed by atoms with Crippen LogP contribution in [-0.4, -0.2) is 37.7 Å². The van der Waals surface area contributed by atoms with Crippen LogP contribution in [0.4, 0.5) is 0 Å². The molecule has 0 fully saturated rings. The van der Waals surface area contributed by atoms with Crippen LogP contribution in [0.5, 0.6) is 11.5 Å². The summed E-state index contributed by atoms with van der Waals surface area (Å²) in [5.74, 6) is -0.334. The van der Waals surface area contributed by atoms with Crippen LogP contribution >= 0.6 is 0 Å². The van der Waals surface area contributed by atoms with Gasteiger partial charge in [-0.1, -0.05) is 54.1 Å². The van der Waals surface area contributed by atoms with Crippen LogP contribution in [0.3, 0.4) is 0 Å². The minimum Gasteiger partial charge on any atom is -0.493 e. The topological polar surface area (TPSA) is 94.8 Å². The molecule has 36 heavy (non-hydrogen) atoms. The van der Waals surface area contributed by atoms with Gasteiger partial charge in [0.15, 0.2) is 11.5 Å². The second-order valence-electron chi connectivity index (χ2n) is 8.37. The number of carbonyl (C=O) groups is 1. The SMILES string of the molecule is COc1cc2ccccc2c(-c2cn(S(=O)(=O)c3ccc(C)cc3)c3c(C(=O)O)cccc23)c1OC. The number of benzene rings is 4. The molecule has 1 N–H and O–H groups in total. The van der Waals surface area contributed by atoms with Gasteiger partial charge in [0.1, 0.15) is 0 Å². The van der Waals surface area contributed by atoms with Crippen molar-refractivity contribution in [1.82, 2.24) is 3.97 Å². The summed E-state index contributed by atoms with van der Waals surface area (Å²) >= 11 is 0. The predicted octanol–water partition coefficient (Wildman–Crippen LogP) is 5.72. The van der Waals surface area contributed by atoms with Gasteiger partial charge >= 0.3 is 5.97 Å². The van der Waals surface area contributed by atoms with Crippen molar-refractivity contribution in [2.45, 2.75) is 11.8 Å². The molecule has 0 unspecified atom stereocenters. The number of hydrogen-bond donors (Lipinski definition) is 1. The second-order valence-corrected chi connectivity index (χ2v) is 10.2. The number of aryl methyl sites for hydroxylation is 1. The van der Waals surface area contributed by atoms with Crippen molar-refractivity contribution in [2.75, 3.05) is 14.2 Å². The van der Waals surface area contributed by atoms with Crippen LogP contribution in [0, 0.1) is 6.92 Å². The van der Waals surface area contributed by atoms with Gasteiger partial charge in [-0.2, -0.15) is 0 Å². The lowest BCUT2D eigenvalue weighted by Crippen LogP contribution is -2.13. The maximum Gasteiger partial charge on any atom is 0.337 e. The molecular weight excluding hydrogens is 478 g/mol. The molecule has 0 aliphatic heterocycles. The molecule has 0 aliphatic rings. The molecule has 0 bridgehead atoms. The summed E-state index contributed by atoms with van der Waals surface area (Å²) in [6, 6.07) is 20.6. The van der Waals surface area contributed by atoms with E-state index in [1.54, 1.807) is 24.3 Å². The minimum absolute atomic E-state index is 0.0548. The Bertz CT molecular complexity index is 1750. The summed E-state index contributed by atoms with van der Waals surface area (Å²) < 4.78 is 40.1. The molecule has 0 saturated heterocycles. The van der Waals surface area contributed by atoms with Crippen molar-refractivity contribution >= 4 is 37.7 Å². The average Bonchev–Trinajstić information content (AvgIpc) is 3.28. The van der Waals surface area contributed by atoms with Gasteiger partial charge in [0, 0.05) is 22.7 Å². The molecule has 4 aromatic carbocycles. The number of aromatic nitrogens is 1. The fraction of sp³-hybridized carbons (Fsp3) is 0.107. The molecule has 5 aromatic rings. The second kappa shape index (κ2) is 8.73. The van der Waals surface area contributed by atoms with Crippen molar-refractivity contribution in [3.8, 4) is 22.6 Å². The van der Waals surface area contributed by atoms with Crippen LogP contribution in [-0.2, 0) is 10.0 Å². The van der Waals surface area contributed by atoms with Crippen LogP contribution < -0.4 is 9.47 Å². The van der Waals surface area contributed by atoms with Crippen LogP contribution in [0.25, 0.3) is 32.8 Å². The number of aromatic carboxylic acids is 1. The normalized spacial score (nSPS) is 11.6. The maximum atomic E-state index is 13.8. The molecule has 0 aliphatic carbocycles. The first-order valence-electron chi connectivity index (χ1n) is 11.1. The molecule has 1 heterocycles. The molecule has 0 atom stereocenters. The Kier molecular flexibility index (Phi) is 5.68. The van der Waals surface area contributed by atoms with Crippen molar-refractivity contribution < 1.29 is 27.8 Å². The van der Waals surface area contributed by atoms with Crippen LogP contribution in [0.15, 0.2) is 83.9 Å². The monoisotopic (exact) mass is 501 g/mol. The number of carboxylic acids is 1. The first kappa shape index (κ1) is 23.4.